The molecule has 2 aromatic carbocycles. The predicted octanol–water partition coefficient (Wildman–Crippen LogP) is 4.29. The molecule has 2 aromatic rings. The minimum absolute atomic E-state index is 0.380. The molecule has 0 aliphatic rings. The summed E-state index contributed by atoms with van der Waals surface area (Å²) in [7, 11) is 0. The predicted molar refractivity (Wildman–Crippen MR) is 89.1 cm³/mol. The van der Waals surface area contributed by atoms with Crippen LogP contribution >= 0.6 is 27.5 Å². The minimum Gasteiger partial charge on any atom is -0.449 e. The summed E-state index contributed by atoms with van der Waals surface area (Å²) in [6.45, 7) is 1.51. The molecule has 0 saturated carbocycles. The van der Waals surface area contributed by atoms with Crippen LogP contribution in [0.2, 0.25) is 5.02 Å². The molecule has 4 nitrogen and oxygen atoms in total. The van der Waals surface area contributed by atoms with Crippen LogP contribution in [0, 0.1) is 0 Å². The van der Waals surface area contributed by atoms with E-state index in [1.165, 1.54) is 6.92 Å². The molecule has 22 heavy (non-hydrogen) atoms. The number of carbonyl (C=O) groups excluding carboxylic acids is 2. The lowest BCUT2D eigenvalue weighted by Gasteiger charge is -2.13. The molecule has 0 saturated heterocycles. The molecule has 0 spiro atoms. The Morgan fingerprint density at radius 3 is 2.50 bits per heavy atom. The van der Waals surface area contributed by atoms with Crippen molar-refractivity contribution in [1.29, 1.82) is 0 Å². The van der Waals surface area contributed by atoms with Crippen LogP contribution in [0.25, 0.3) is 0 Å². The highest BCUT2D eigenvalue weighted by molar-refractivity contribution is 9.10. The topological polar surface area (TPSA) is 55.4 Å². The van der Waals surface area contributed by atoms with Gasteiger partial charge in [0.2, 0.25) is 0 Å². The number of amides is 1. The van der Waals surface area contributed by atoms with Gasteiger partial charge >= 0.3 is 5.97 Å². The minimum atomic E-state index is -0.921. The summed E-state index contributed by atoms with van der Waals surface area (Å²) in [6.07, 6.45) is -0.921. The van der Waals surface area contributed by atoms with Gasteiger partial charge in [-0.05, 0) is 49.4 Å². The van der Waals surface area contributed by atoms with E-state index < -0.39 is 18.0 Å². The lowest BCUT2D eigenvalue weighted by atomic mass is 10.2. The molecule has 1 atom stereocenters. The highest BCUT2D eigenvalue weighted by atomic mass is 79.9. The van der Waals surface area contributed by atoms with Crippen LogP contribution in [0.1, 0.15) is 17.3 Å². The van der Waals surface area contributed by atoms with Gasteiger partial charge in [0.25, 0.3) is 5.91 Å². The molecule has 0 fully saturated rings. The number of hydrogen-bond donors (Lipinski definition) is 1. The smallest absolute Gasteiger partial charge is 0.338 e. The SMILES string of the molecule is C[C@@H](OC(=O)c1ccc(Br)cc1)C(=O)Nc1cccc(Cl)c1. The van der Waals surface area contributed by atoms with Crippen molar-refractivity contribution in [1.82, 2.24) is 0 Å². The third-order valence-corrected chi connectivity index (χ3v) is 3.59. The molecule has 6 heteroatoms. The summed E-state index contributed by atoms with van der Waals surface area (Å²) in [5.74, 6) is -0.978. The van der Waals surface area contributed by atoms with Gasteiger partial charge in [-0.25, -0.2) is 4.79 Å². The summed E-state index contributed by atoms with van der Waals surface area (Å²) in [6, 6.07) is 13.4. The van der Waals surface area contributed by atoms with Gasteiger partial charge in [-0.3, -0.25) is 4.79 Å². The number of halogens is 2. The maximum Gasteiger partial charge on any atom is 0.338 e. The highest BCUT2D eigenvalue weighted by Gasteiger charge is 2.19. The summed E-state index contributed by atoms with van der Waals surface area (Å²) in [5.41, 5.74) is 0.926. The zero-order chi connectivity index (χ0) is 16.1. The van der Waals surface area contributed by atoms with Crippen LogP contribution in [0.4, 0.5) is 5.69 Å². The zero-order valence-corrected chi connectivity index (χ0v) is 14.0. The van der Waals surface area contributed by atoms with Crippen molar-refractivity contribution in [3.05, 3.63) is 63.6 Å². The number of esters is 1. The van der Waals surface area contributed by atoms with Crippen LogP contribution in [0.15, 0.2) is 53.0 Å². The fourth-order valence-corrected chi connectivity index (χ4v) is 2.13. The average molecular weight is 383 g/mol. The molecule has 0 aromatic heterocycles. The van der Waals surface area contributed by atoms with E-state index in [0.717, 1.165) is 4.47 Å². The van der Waals surface area contributed by atoms with E-state index in [4.69, 9.17) is 16.3 Å². The zero-order valence-electron chi connectivity index (χ0n) is 11.7. The first-order chi connectivity index (χ1) is 10.5. The third-order valence-electron chi connectivity index (χ3n) is 2.83. The summed E-state index contributed by atoms with van der Waals surface area (Å²) < 4.78 is 6.00. The second-order valence-corrected chi connectivity index (χ2v) is 5.91. The van der Waals surface area contributed by atoms with Crippen molar-refractivity contribution < 1.29 is 14.3 Å². The molecule has 0 aliphatic heterocycles. The summed E-state index contributed by atoms with van der Waals surface area (Å²) >= 11 is 9.13. The van der Waals surface area contributed by atoms with Gasteiger partial charge in [0.15, 0.2) is 6.10 Å². The van der Waals surface area contributed by atoms with Gasteiger partial charge in [0.1, 0.15) is 0 Å². The number of ether oxygens (including phenoxy) is 1. The van der Waals surface area contributed by atoms with Gasteiger partial charge in [-0.1, -0.05) is 33.6 Å². The number of rotatable bonds is 4. The number of hydrogen-bond acceptors (Lipinski definition) is 3. The number of carbonyl (C=O) groups is 2. The maximum absolute atomic E-state index is 12.0. The largest absolute Gasteiger partial charge is 0.449 e. The Morgan fingerprint density at radius 1 is 1.18 bits per heavy atom. The monoisotopic (exact) mass is 381 g/mol. The molecular formula is C16H13BrClNO3. The van der Waals surface area contributed by atoms with Gasteiger partial charge < -0.3 is 10.1 Å². The van der Waals surface area contributed by atoms with E-state index in [9.17, 15) is 9.59 Å². The van der Waals surface area contributed by atoms with E-state index in [1.54, 1.807) is 48.5 Å². The van der Waals surface area contributed by atoms with Crippen LogP contribution in [0.3, 0.4) is 0 Å². The number of nitrogens with one attached hydrogen (secondary N) is 1. The lowest BCUT2D eigenvalue weighted by molar-refractivity contribution is -0.123. The first kappa shape index (κ1) is 16.5. The second kappa shape index (κ2) is 7.42. The Balaban J connectivity index is 1.96. The van der Waals surface area contributed by atoms with E-state index in [1.807, 2.05) is 0 Å². The van der Waals surface area contributed by atoms with Crippen LogP contribution in [0.5, 0.6) is 0 Å². The van der Waals surface area contributed by atoms with Crippen molar-refractivity contribution in [2.45, 2.75) is 13.0 Å². The van der Waals surface area contributed by atoms with Gasteiger partial charge in [-0.2, -0.15) is 0 Å². The molecule has 0 heterocycles. The Bertz CT molecular complexity index is 688. The molecular weight excluding hydrogens is 370 g/mol. The number of anilines is 1. The van der Waals surface area contributed by atoms with Gasteiger partial charge in [-0.15, -0.1) is 0 Å². The van der Waals surface area contributed by atoms with E-state index >= 15 is 0 Å². The van der Waals surface area contributed by atoms with Crippen molar-refractivity contribution in [2.75, 3.05) is 5.32 Å². The first-order valence-electron chi connectivity index (χ1n) is 6.48. The maximum atomic E-state index is 12.0. The van der Waals surface area contributed by atoms with Gasteiger partial charge in [0, 0.05) is 15.2 Å². The molecule has 1 amide bonds. The Labute approximate surface area is 141 Å². The Hall–Kier alpha value is -1.85. The first-order valence-corrected chi connectivity index (χ1v) is 7.66. The molecule has 0 unspecified atom stereocenters. The molecule has 0 radical (unpaired) electrons. The molecule has 2 rings (SSSR count). The van der Waals surface area contributed by atoms with Crippen molar-refractivity contribution in [3.8, 4) is 0 Å². The Morgan fingerprint density at radius 2 is 1.86 bits per heavy atom. The summed E-state index contributed by atoms with van der Waals surface area (Å²) in [4.78, 5) is 23.9. The quantitative estimate of drug-likeness (QED) is 0.803. The standard InChI is InChI=1S/C16H13BrClNO3/c1-10(15(20)19-14-4-2-3-13(18)9-14)22-16(21)11-5-7-12(17)8-6-11/h2-10H,1H3,(H,19,20)/t10-/m1/s1. The van der Waals surface area contributed by atoms with Gasteiger partial charge in [0.05, 0.1) is 5.56 Å². The molecule has 114 valence electrons. The normalized spacial score (nSPS) is 11.6. The fourth-order valence-electron chi connectivity index (χ4n) is 1.68. The number of benzene rings is 2. The molecule has 1 N–H and O–H groups in total. The average Bonchev–Trinajstić information content (AvgIpc) is 2.47. The lowest BCUT2D eigenvalue weighted by Crippen LogP contribution is -2.30. The molecule has 0 aliphatic carbocycles. The van der Waals surface area contributed by atoms with Crippen LogP contribution in [-0.4, -0.2) is 18.0 Å². The van der Waals surface area contributed by atoms with Crippen molar-refractivity contribution >= 4 is 45.1 Å². The third kappa shape index (κ3) is 4.58. The van der Waals surface area contributed by atoms with Crippen LogP contribution in [-0.2, 0) is 9.53 Å². The van der Waals surface area contributed by atoms with Crippen molar-refractivity contribution in [2.24, 2.45) is 0 Å². The van der Waals surface area contributed by atoms with E-state index in [-0.39, 0.29) is 0 Å². The second-order valence-electron chi connectivity index (χ2n) is 4.55. The van der Waals surface area contributed by atoms with Crippen molar-refractivity contribution in [3.63, 3.8) is 0 Å². The fraction of sp³-hybridized carbons (Fsp3) is 0.125. The Kier molecular flexibility index (Phi) is 5.57. The summed E-state index contributed by atoms with van der Waals surface area (Å²) in [5, 5.41) is 3.15. The van der Waals surface area contributed by atoms with E-state index in [0.29, 0.717) is 16.3 Å². The highest BCUT2D eigenvalue weighted by Crippen LogP contribution is 2.16. The van der Waals surface area contributed by atoms with Crippen LogP contribution < -0.4 is 5.32 Å². The molecule has 0 bridgehead atoms. The van der Waals surface area contributed by atoms with E-state index in [2.05, 4.69) is 21.2 Å².